The van der Waals surface area contributed by atoms with Gasteiger partial charge in [0.05, 0.1) is 10.4 Å². The van der Waals surface area contributed by atoms with Crippen molar-refractivity contribution >= 4 is 28.8 Å². The zero-order valence-electron chi connectivity index (χ0n) is 14.2. The molecule has 3 heteroatoms. The van der Waals surface area contributed by atoms with Gasteiger partial charge in [-0.2, -0.15) is 0 Å². The highest BCUT2D eigenvalue weighted by atomic mass is 35.5. The largest absolute Gasteiger partial charge is 0.506 e. The molecule has 24 heavy (non-hydrogen) atoms. The molecule has 0 saturated heterocycles. The quantitative estimate of drug-likeness (QED) is 0.570. The van der Waals surface area contributed by atoms with E-state index in [1.807, 2.05) is 6.07 Å². The number of fused-ring (bicyclic) bond motifs is 2. The molecule has 3 aliphatic carbocycles. The molecule has 0 heterocycles. The Hall–Kier alpha value is -0.920. The molecule has 0 amide bonds. The van der Waals surface area contributed by atoms with Crippen molar-refractivity contribution in [3.8, 4) is 5.75 Å². The van der Waals surface area contributed by atoms with E-state index in [4.69, 9.17) is 23.2 Å². The number of benzene rings is 1. The summed E-state index contributed by atoms with van der Waals surface area (Å²) in [4.78, 5) is 0. The van der Waals surface area contributed by atoms with Gasteiger partial charge in [0.2, 0.25) is 0 Å². The van der Waals surface area contributed by atoms with Gasteiger partial charge < -0.3 is 5.11 Å². The van der Waals surface area contributed by atoms with Crippen LogP contribution in [0.2, 0.25) is 5.02 Å². The number of phenolic OH excluding ortho intramolecular Hbond substituents is 1. The van der Waals surface area contributed by atoms with Crippen LogP contribution in [-0.4, -0.2) is 10.5 Å². The number of halogens is 2. The van der Waals surface area contributed by atoms with Crippen LogP contribution in [0, 0.1) is 5.92 Å². The fourth-order valence-electron chi connectivity index (χ4n) is 4.72. The maximum atomic E-state index is 10.9. The molecule has 128 valence electrons. The van der Waals surface area contributed by atoms with Crippen molar-refractivity contribution in [1.82, 2.24) is 0 Å². The number of aryl methyl sites for hydroxylation is 1. The molecule has 1 saturated carbocycles. The van der Waals surface area contributed by atoms with E-state index in [9.17, 15) is 5.11 Å². The van der Waals surface area contributed by atoms with Crippen molar-refractivity contribution in [1.29, 1.82) is 0 Å². The number of hydrogen-bond donors (Lipinski definition) is 1. The van der Waals surface area contributed by atoms with E-state index in [1.165, 1.54) is 53.5 Å². The van der Waals surface area contributed by atoms with Gasteiger partial charge in [-0.15, -0.1) is 11.6 Å². The van der Waals surface area contributed by atoms with E-state index in [2.05, 4.69) is 13.0 Å². The third kappa shape index (κ3) is 2.61. The molecule has 0 radical (unpaired) electrons. The van der Waals surface area contributed by atoms with Crippen LogP contribution < -0.4 is 0 Å². The average molecular weight is 363 g/mol. The summed E-state index contributed by atoms with van der Waals surface area (Å²) in [5.41, 5.74) is 7.74. The summed E-state index contributed by atoms with van der Waals surface area (Å²) in [5.74, 6) is 0.473. The summed E-state index contributed by atoms with van der Waals surface area (Å²) in [6, 6.07) is 1.98. The van der Waals surface area contributed by atoms with E-state index < -0.39 is 0 Å². The Balaban J connectivity index is 1.98. The molecule has 1 fully saturated rings. The number of allylic oxidation sites excluding steroid dienone is 4. The highest BCUT2D eigenvalue weighted by molar-refractivity contribution is 6.32. The summed E-state index contributed by atoms with van der Waals surface area (Å²) >= 11 is 13.1. The average Bonchev–Trinajstić information content (AvgIpc) is 2.58. The maximum absolute atomic E-state index is 10.9. The normalized spacial score (nSPS) is 26.7. The minimum absolute atomic E-state index is 0.00512. The second-order valence-electron chi connectivity index (χ2n) is 7.45. The standard InChI is InChI=1S/C21H24Cl2O/c1-12-17(22)10-13-6-2-4-8-15(13)19(12)20-16-9-5-3-7-14(16)11-18(23)21(20)24/h10-12,17,24H,2-9H2,1H3. The van der Waals surface area contributed by atoms with Gasteiger partial charge >= 0.3 is 0 Å². The van der Waals surface area contributed by atoms with Gasteiger partial charge in [0, 0.05) is 11.5 Å². The molecule has 2 unspecified atom stereocenters. The van der Waals surface area contributed by atoms with Crippen molar-refractivity contribution in [3.05, 3.63) is 45.0 Å². The zero-order chi connectivity index (χ0) is 16.8. The fraction of sp³-hybridized carbons (Fsp3) is 0.524. The second-order valence-corrected chi connectivity index (χ2v) is 8.36. The molecule has 1 aromatic rings. The van der Waals surface area contributed by atoms with Crippen LogP contribution in [0.15, 0.2) is 23.3 Å². The van der Waals surface area contributed by atoms with Crippen LogP contribution in [0.5, 0.6) is 5.75 Å². The predicted octanol–water partition coefficient (Wildman–Crippen LogP) is 6.44. The van der Waals surface area contributed by atoms with Gasteiger partial charge in [-0.1, -0.05) is 24.6 Å². The summed E-state index contributed by atoms with van der Waals surface area (Å²) < 4.78 is 0. The molecule has 1 N–H and O–H groups in total. The molecule has 1 aromatic carbocycles. The van der Waals surface area contributed by atoms with Crippen molar-refractivity contribution in [3.63, 3.8) is 0 Å². The Kier molecular flexibility index (Phi) is 4.43. The first-order valence-electron chi connectivity index (χ1n) is 9.19. The topological polar surface area (TPSA) is 20.2 Å². The maximum Gasteiger partial charge on any atom is 0.141 e. The molecule has 0 aliphatic heterocycles. The van der Waals surface area contributed by atoms with Gasteiger partial charge in [-0.25, -0.2) is 0 Å². The van der Waals surface area contributed by atoms with Gasteiger partial charge in [0.1, 0.15) is 5.75 Å². The number of phenols is 1. The van der Waals surface area contributed by atoms with Crippen LogP contribution in [0.1, 0.15) is 62.1 Å². The lowest BCUT2D eigenvalue weighted by Crippen LogP contribution is -2.22. The lowest BCUT2D eigenvalue weighted by Gasteiger charge is -2.35. The van der Waals surface area contributed by atoms with E-state index in [0.29, 0.717) is 5.02 Å². The van der Waals surface area contributed by atoms with E-state index in [-0.39, 0.29) is 17.0 Å². The van der Waals surface area contributed by atoms with Gasteiger partial charge in [0.25, 0.3) is 0 Å². The Labute approximate surface area is 154 Å². The zero-order valence-corrected chi connectivity index (χ0v) is 15.7. The van der Waals surface area contributed by atoms with Crippen LogP contribution >= 0.6 is 23.2 Å². The monoisotopic (exact) mass is 362 g/mol. The number of aromatic hydroxyl groups is 1. The molecule has 0 bridgehead atoms. The summed E-state index contributed by atoms with van der Waals surface area (Å²) in [5, 5.41) is 11.4. The van der Waals surface area contributed by atoms with E-state index >= 15 is 0 Å². The molecule has 0 spiro atoms. The summed E-state index contributed by atoms with van der Waals surface area (Å²) in [6.07, 6.45) is 11.4. The third-order valence-corrected chi connectivity index (χ3v) is 6.77. The van der Waals surface area contributed by atoms with Crippen LogP contribution in [-0.2, 0) is 12.8 Å². The van der Waals surface area contributed by atoms with Crippen LogP contribution in [0.3, 0.4) is 0 Å². The van der Waals surface area contributed by atoms with Gasteiger partial charge in [-0.3, -0.25) is 0 Å². The molecular weight excluding hydrogens is 339 g/mol. The molecule has 0 aromatic heterocycles. The van der Waals surface area contributed by atoms with E-state index in [0.717, 1.165) is 31.2 Å². The van der Waals surface area contributed by atoms with Crippen molar-refractivity contribution in [2.24, 2.45) is 5.92 Å². The van der Waals surface area contributed by atoms with Crippen molar-refractivity contribution in [2.75, 3.05) is 0 Å². The Morgan fingerprint density at radius 3 is 2.58 bits per heavy atom. The number of hydrogen-bond acceptors (Lipinski definition) is 1. The minimum Gasteiger partial charge on any atom is -0.506 e. The first-order valence-corrected chi connectivity index (χ1v) is 10.0. The molecule has 2 atom stereocenters. The Bertz CT molecular complexity index is 745. The SMILES string of the molecule is CC1C(c2c(O)c(Cl)cc3c2CCCC3)=C2CCCCC2=CC1Cl. The molecule has 3 aliphatic rings. The minimum atomic E-state index is -0.00512. The first kappa shape index (κ1) is 16.5. The lowest BCUT2D eigenvalue weighted by molar-refractivity contribution is 0.470. The fourth-order valence-corrected chi connectivity index (χ4v) is 5.22. The molecular formula is C21H24Cl2O. The number of alkyl halides is 1. The smallest absolute Gasteiger partial charge is 0.141 e. The second kappa shape index (κ2) is 6.42. The van der Waals surface area contributed by atoms with Crippen LogP contribution in [0.4, 0.5) is 0 Å². The van der Waals surface area contributed by atoms with E-state index in [1.54, 1.807) is 0 Å². The number of rotatable bonds is 1. The molecule has 1 nitrogen and oxygen atoms in total. The summed E-state index contributed by atoms with van der Waals surface area (Å²) in [6.45, 7) is 2.19. The highest BCUT2D eigenvalue weighted by Crippen LogP contribution is 2.50. The first-order chi connectivity index (χ1) is 11.6. The van der Waals surface area contributed by atoms with Crippen molar-refractivity contribution < 1.29 is 5.11 Å². The highest BCUT2D eigenvalue weighted by Gasteiger charge is 2.33. The lowest BCUT2D eigenvalue weighted by atomic mass is 9.72. The Morgan fingerprint density at radius 2 is 1.75 bits per heavy atom. The van der Waals surface area contributed by atoms with Gasteiger partial charge in [0.15, 0.2) is 0 Å². The van der Waals surface area contributed by atoms with Crippen molar-refractivity contribution in [2.45, 2.75) is 63.7 Å². The summed E-state index contributed by atoms with van der Waals surface area (Å²) in [7, 11) is 0. The predicted molar refractivity (Wildman–Crippen MR) is 102 cm³/mol. The van der Waals surface area contributed by atoms with Crippen LogP contribution in [0.25, 0.3) is 5.57 Å². The molecule has 4 rings (SSSR count). The Morgan fingerprint density at radius 1 is 1.04 bits per heavy atom. The third-order valence-electron chi connectivity index (χ3n) is 5.97. The van der Waals surface area contributed by atoms with Gasteiger partial charge in [-0.05, 0) is 85.3 Å².